The largest absolute Gasteiger partial charge is 0.361 e. The van der Waals surface area contributed by atoms with Crippen LogP contribution < -0.4 is 5.32 Å². The molecule has 2 N–H and O–H groups in total. The molecule has 0 aliphatic carbocycles. The highest BCUT2D eigenvalue weighted by Gasteiger charge is 2.09. The minimum absolute atomic E-state index is 0.0548. The number of carbonyl (C=O) groups is 1. The normalized spacial score (nSPS) is 10.8. The van der Waals surface area contributed by atoms with E-state index in [0.717, 1.165) is 22.0 Å². The van der Waals surface area contributed by atoms with Crippen LogP contribution in [-0.4, -0.2) is 10.9 Å². The number of nitrogens with one attached hydrogen (secondary N) is 2. The zero-order valence-electron chi connectivity index (χ0n) is 11.7. The Morgan fingerprint density at radius 1 is 1.09 bits per heavy atom. The Bertz CT molecular complexity index is 826. The molecular weight excluding hydrogens is 319 g/mol. The topological polar surface area (TPSA) is 44.9 Å². The average Bonchev–Trinajstić information content (AvgIpc) is 2.89. The van der Waals surface area contributed by atoms with Crippen LogP contribution in [-0.2, 0) is 17.8 Å². The van der Waals surface area contributed by atoms with Crippen LogP contribution in [0.25, 0.3) is 10.9 Å². The number of aromatic nitrogens is 1. The van der Waals surface area contributed by atoms with Crippen LogP contribution in [0.4, 0.5) is 0 Å². The predicted molar refractivity (Wildman–Crippen MR) is 90.3 cm³/mol. The molecule has 0 saturated heterocycles. The number of hydrogen-bond donors (Lipinski definition) is 2. The first kappa shape index (κ1) is 14.9. The molecule has 2 aromatic carbocycles. The number of carbonyl (C=O) groups excluding carboxylic acids is 1. The van der Waals surface area contributed by atoms with Gasteiger partial charge in [-0.25, -0.2) is 0 Å². The molecule has 112 valence electrons. The van der Waals surface area contributed by atoms with Crippen molar-refractivity contribution in [2.45, 2.75) is 13.0 Å². The maximum atomic E-state index is 12.1. The van der Waals surface area contributed by atoms with Crippen molar-refractivity contribution in [3.8, 4) is 0 Å². The van der Waals surface area contributed by atoms with Gasteiger partial charge < -0.3 is 10.3 Å². The molecule has 0 aliphatic rings. The molecule has 0 unspecified atom stereocenters. The van der Waals surface area contributed by atoms with Gasteiger partial charge in [0.15, 0.2) is 0 Å². The van der Waals surface area contributed by atoms with Crippen LogP contribution in [0.1, 0.15) is 11.1 Å². The van der Waals surface area contributed by atoms with E-state index in [1.54, 1.807) is 0 Å². The molecule has 0 fully saturated rings. The van der Waals surface area contributed by atoms with Crippen molar-refractivity contribution in [3.63, 3.8) is 0 Å². The summed E-state index contributed by atoms with van der Waals surface area (Å²) in [6, 6.07) is 13.1. The molecular formula is C17H14Cl2N2O. The molecule has 1 heterocycles. The minimum Gasteiger partial charge on any atom is -0.361 e. The Morgan fingerprint density at radius 2 is 1.91 bits per heavy atom. The highest BCUT2D eigenvalue weighted by atomic mass is 35.5. The Morgan fingerprint density at radius 3 is 2.73 bits per heavy atom. The lowest BCUT2D eigenvalue weighted by molar-refractivity contribution is -0.120. The summed E-state index contributed by atoms with van der Waals surface area (Å²) in [6.45, 7) is 0.418. The summed E-state index contributed by atoms with van der Waals surface area (Å²) in [5.74, 6) is -0.0548. The van der Waals surface area contributed by atoms with Crippen molar-refractivity contribution in [1.29, 1.82) is 0 Å². The van der Waals surface area contributed by atoms with Crippen LogP contribution in [0.15, 0.2) is 48.7 Å². The number of benzene rings is 2. The van der Waals surface area contributed by atoms with Crippen molar-refractivity contribution in [2.24, 2.45) is 0 Å². The van der Waals surface area contributed by atoms with E-state index in [-0.39, 0.29) is 5.91 Å². The lowest BCUT2D eigenvalue weighted by Crippen LogP contribution is -2.24. The fraction of sp³-hybridized carbons (Fsp3) is 0.118. The molecule has 0 saturated carbocycles. The average molecular weight is 333 g/mol. The zero-order chi connectivity index (χ0) is 15.5. The Labute approximate surface area is 138 Å². The smallest absolute Gasteiger partial charge is 0.224 e. The number of hydrogen-bond acceptors (Lipinski definition) is 1. The van der Waals surface area contributed by atoms with Gasteiger partial charge in [-0.1, -0.05) is 41.4 Å². The molecule has 0 atom stereocenters. The van der Waals surface area contributed by atoms with E-state index in [9.17, 15) is 4.79 Å². The van der Waals surface area contributed by atoms with E-state index >= 15 is 0 Å². The van der Waals surface area contributed by atoms with E-state index in [2.05, 4.69) is 10.3 Å². The highest BCUT2D eigenvalue weighted by Crippen LogP contribution is 2.22. The van der Waals surface area contributed by atoms with Crippen LogP contribution >= 0.6 is 23.2 Å². The summed E-state index contributed by atoms with van der Waals surface area (Å²) in [5.41, 5.74) is 2.80. The van der Waals surface area contributed by atoms with Crippen molar-refractivity contribution >= 4 is 40.0 Å². The summed E-state index contributed by atoms with van der Waals surface area (Å²) < 4.78 is 0. The Hall–Kier alpha value is -1.97. The van der Waals surface area contributed by atoms with E-state index in [0.29, 0.717) is 23.0 Å². The molecule has 3 aromatic rings. The fourth-order valence-corrected chi connectivity index (χ4v) is 2.74. The molecule has 22 heavy (non-hydrogen) atoms. The number of rotatable bonds is 4. The lowest BCUT2D eigenvalue weighted by Gasteiger charge is -2.06. The highest BCUT2D eigenvalue weighted by molar-refractivity contribution is 6.31. The van der Waals surface area contributed by atoms with Crippen molar-refractivity contribution < 1.29 is 4.79 Å². The Kier molecular flexibility index (Phi) is 4.36. The third kappa shape index (κ3) is 3.26. The third-order valence-corrected chi connectivity index (χ3v) is 4.12. The fourth-order valence-electron chi connectivity index (χ4n) is 2.37. The van der Waals surface area contributed by atoms with E-state index in [1.165, 1.54) is 0 Å². The number of aromatic amines is 1. The molecule has 0 aliphatic heterocycles. The van der Waals surface area contributed by atoms with Crippen LogP contribution in [0.2, 0.25) is 10.0 Å². The van der Waals surface area contributed by atoms with Gasteiger partial charge in [0.25, 0.3) is 0 Å². The van der Waals surface area contributed by atoms with Crippen molar-refractivity contribution in [2.75, 3.05) is 0 Å². The lowest BCUT2D eigenvalue weighted by atomic mass is 10.1. The molecule has 0 radical (unpaired) electrons. The third-order valence-electron chi connectivity index (χ3n) is 3.51. The first-order valence-electron chi connectivity index (χ1n) is 6.89. The standard InChI is InChI=1S/C17H14Cl2N2O/c18-13-5-6-16-14(8-13)12(10-20-16)7-17(22)21-9-11-3-1-2-4-15(11)19/h1-6,8,10,20H,7,9H2,(H,21,22). The quantitative estimate of drug-likeness (QED) is 0.733. The second-order valence-corrected chi connectivity index (χ2v) is 5.89. The van der Waals surface area contributed by atoms with Gasteiger partial charge in [0.05, 0.1) is 6.42 Å². The van der Waals surface area contributed by atoms with Gasteiger partial charge in [0.1, 0.15) is 0 Å². The minimum atomic E-state index is -0.0548. The summed E-state index contributed by atoms with van der Waals surface area (Å²) in [7, 11) is 0. The van der Waals surface area contributed by atoms with Gasteiger partial charge in [0, 0.05) is 33.7 Å². The van der Waals surface area contributed by atoms with Gasteiger partial charge in [-0.3, -0.25) is 4.79 Å². The number of halogens is 2. The molecule has 1 aromatic heterocycles. The Balaban J connectivity index is 1.68. The number of fused-ring (bicyclic) bond motifs is 1. The van der Waals surface area contributed by atoms with E-state index < -0.39 is 0 Å². The van der Waals surface area contributed by atoms with Gasteiger partial charge >= 0.3 is 0 Å². The molecule has 0 spiro atoms. The van der Waals surface area contributed by atoms with Gasteiger partial charge in [-0.15, -0.1) is 0 Å². The monoisotopic (exact) mass is 332 g/mol. The van der Waals surface area contributed by atoms with Crippen molar-refractivity contribution in [3.05, 3.63) is 69.8 Å². The first-order valence-corrected chi connectivity index (χ1v) is 7.64. The van der Waals surface area contributed by atoms with Crippen LogP contribution in [0.5, 0.6) is 0 Å². The van der Waals surface area contributed by atoms with Crippen molar-refractivity contribution in [1.82, 2.24) is 10.3 Å². The van der Waals surface area contributed by atoms with E-state index in [4.69, 9.17) is 23.2 Å². The summed E-state index contributed by atoms with van der Waals surface area (Å²) >= 11 is 12.1. The summed E-state index contributed by atoms with van der Waals surface area (Å²) in [4.78, 5) is 15.3. The van der Waals surface area contributed by atoms with Gasteiger partial charge in [0.2, 0.25) is 5.91 Å². The second kappa shape index (κ2) is 6.42. The molecule has 3 rings (SSSR count). The molecule has 1 amide bonds. The first-order chi connectivity index (χ1) is 10.6. The summed E-state index contributed by atoms with van der Waals surface area (Å²) in [6.07, 6.45) is 2.14. The zero-order valence-corrected chi connectivity index (χ0v) is 13.2. The number of H-pyrrole nitrogens is 1. The molecule has 3 nitrogen and oxygen atoms in total. The maximum absolute atomic E-state index is 12.1. The maximum Gasteiger partial charge on any atom is 0.224 e. The second-order valence-electron chi connectivity index (χ2n) is 5.05. The molecule has 0 bridgehead atoms. The van der Waals surface area contributed by atoms with Crippen LogP contribution in [0, 0.1) is 0 Å². The SMILES string of the molecule is O=C(Cc1c[nH]c2ccc(Cl)cc12)NCc1ccccc1Cl. The molecule has 5 heteroatoms. The van der Waals surface area contributed by atoms with Gasteiger partial charge in [-0.05, 0) is 35.4 Å². The number of amides is 1. The van der Waals surface area contributed by atoms with Crippen LogP contribution in [0.3, 0.4) is 0 Å². The van der Waals surface area contributed by atoms with E-state index in [1.807, 2.05) is 48.7 Å². The summed E-state index contributed by atoms with van der Waals surface area (Å²) in [5, 5.41) is 5.17. The van der Waals surface area contributed by atoms with Gasteiger partial charge in [-0.2, -0.15) is 0 Å². The predicted octanol–water partition coefficient (Wildman–Crippen LogP) is 4.33.